The monoisotopic (exact) mass is 407 g/mol. The highest BCUT2D eigenvalue weighted by atomic mass is 35.5. The first-order chi connectivity index (χ1) is 14.0. The summed E-state index contributed by atoms with van der Waals surface area (Å²) in [7, 11) is 0. The third-order valence-corrected chi connectivity index (χ3v) is 5.10. The molecule has 2 N–H and O–H groups in total. The lowest BCUT2D eigenvalue weighted by Gasteiger charge is -2.19. The van der Waals surface area contributed by atoms with Crippen LogP contribution in [-0.4, -0.2) is 23.3 Å². The number of benzene rings is 2. The number of primary amides is 1. The number of carbonyl (C=O) groups is 2. The number of rotatable bonds is 5. The summed E-state index contributed by atoms with van der Waals surface area (Å²) in [5.41, 5.74) is 7.28. The molecule has 0 saturated carbocycles. The number of halogens is 1. The maximum atomic E-state index is 12.7. The van der Waals surface area contributed by atoms with Gasteiger partial charge in [0, 0.05) is 53.1 Å². The number of hydrogen-bond donors (Lipinski definition) is 1. The molecule has 29 heavy (non-hydrogen) atoms. The average molecular weight is 408 g/mol. The van der Waals surface area contributed by atoms with Crippen molar-refractivity contribution in [1.29, 1.82) is 0 Å². The van der Waals surface area contributed by atoms with Gasteiger partial charge in [-0.25, -0.2) is 0 Å². The van der Waals surface area contributed by atoms with Crippen molar-refractivity contribution in [3.63, 3.8) is 0 Å². The molecule has 2 amide bonds. The van der Waals surface area contributed by atoms with E-state index in [2.05, 4.69) is 4.98 Å². The van der Waals surface area contributed by atoms with Crippen molar-refractivity contribution >= 4 is 29.1 Å². The SMILES string of the molecule is NC(=O)c1cccc(N2CC(c3ccc(Cl)cc3Oc3ccncc3)CC2=O)c1. The second kappa shape index (κ2) is 7.93. The summed E-state index contributed by atoms with van der Waals surface area (Å²) >= 11 is 6.18. The number of amides is 2. The van der Waals surface area contributed by atoms with Crippen LogP contribution in [0.5, 0.6) is 11.5 Å². The van der Waals surface area contributed by atoms with Gasteiger partial charge in [-0.05, 0) is 42.5 Å². The van der Waals surface area contributed by atoms with Gasteiger partial charge in [-0.2, -0.15) is 0 Å². The van der Waals surface area contributed by atoms with Crippen LogP contribution >= 0.6 is 11.6 Å². The van der Waals surface area contributed by atoms with Gasteiger partial charge in [-0.1, -0.05) is 23.7 Å². The standard InChI is InChI=1S/C22H18ClN3O3/c23-16-4-5-19(20(12-16)29-18-6-8-25-9-7-18)15-11-21(27)26(13-15)17-3-1-2-14(10-17)22(24)28/h1-10,12,15H,11,13H2,(H2,24,28). The first kappa shape index (κ1) is 19.0. The van der Waals surface area contributed by atoms with E-state index < -0.39 is 5.91 Å². The maximum Gasteiger partial charge on any atom is 0.248 e. The van der Waals surface area contributed by atoms with E-state index in [1.165, 1.54) is 0 Å². The van der Waals surface area contributed by atoms with Crippen LogP contribution in [0.15, 0.2) is 67.0 Å². The number of carbonyl (C=O) groups excluding carboxylic acids is 2. The number of nitrogens with two attached hydrogens (primary N) is 1. The Labute approximate surface area is 172 Å². The summed E-state index contributed by atoms with van der Waals surface area (Å²) in [5, 5.41) is 0.549. The van der Waals surface area contributed by atoms with E-state index in [-0.39, 0.29) is 11.8 Å². The molecule has 0 aliphatic carbocycles. The molecular formula is C22H18ClN3O3. The van der Waals surface area contributed by atoms with Crippen molar-refractivity contribution in [1.82, 2.24) is 4.98 Å². The highest BCUT2D eigenvalue weighted by Gasteiger charge is 2.33. The minimum Gasteiger partial charge on any atom is -0.457 e. The fourth-order valence-corrected chi connectivity index (χ4v) is 3.62. The number of aromatic nitrogens is 1. The second-order valence-corrected chi connectivity index (χ2v) is 7.22. The quantitative estimate of drug-likeness (QED) is 0.688. The van der Waals surface area contributed by atoms with E-state index in [9.17, 15) is 9.59 Å². The zero-order valence-electron chi connectivity index (χ0n) is 15.4. The maximum absolute atomic E-state index is 12.7. The molecule has 0 radical (unpaired) electrons. The van der Waals surface area contributed by atoms with E-state index in [0.717, 1.165) is 5.56 Å². The molecule has 0 spiro atoms. The van der Waals surface area contributed by atoms with Crippen molar-refractivity contribution in [3.8, 4) is 11.5 Å². The topological polar surface area (TPSA) is 85.5 Å². The van der Waals surface area contributed by atoms with Gasteiger partial charge in [0.2, 0.25) is 11.8 Å². The van der Waals surface area contributed by atoms with Crippen molar-refractivity contribution in [2.75, 3.05) is 11.4 Å². The molecule has 7 heteroatoms. The average Bonchev–Trinajstić information content (AvgIpc) is 3.10. The van der Waals surface area contributed by atoms with Gasteiger partial charge < -0.3 is 15.4 Å². The summed E-state index contributed by atoms with van der Waals surface area (Å²) < 4.78 is 6.01. The molecule has 6 nitrogen and oxygen atoms in total. The highest BCUT2D eigenvalue weighted by Crippen LogP contribution is 2.39. The van der Waals surface area contributed by atoms with Gasteiger partial charge in [0.25, 0.3) is 0 Å². The minimum absolute atomic E-state index is 0.0265. The van der Waals surface area contributed by atoms with Gasteiger partial charge in [-0.15, -0.1) is 0 Å². The van der Waals surface area contributed by atoms with Gasteiger partial charge in [0.15, 0.2) is 0 Å². The fraction of sp³-hybridized carbons (Fsp3) is 0.136. The molecule has 146 valence electrons. The predicted molar refractivity (Wildman–Crippen MR) is 110 cm³/mol. The Morgan fingerprint density at radius 3 is 2.69 bits per heavy atom. The normalized spacial score (nSPS) is 16.1. The summed E-state index contributed by atoms with van der Waals surface area (Å²) in [6.45, 7) is 0.468. The number of ether oxygens (including phenoxy) is 1. The Morgan fingerprint density at radius 1 is 1.14 bits per heavy atom. The third-order valence-electron chi connectivity index (χ3n) is 4.86. The molecule has 2 heterocycles. The van der Waals surface area contributed by atoms with Gasteiger partial charge >= 0.3 is 0 Å². The number of hydrogen-bond acceptors (Lipinski definition) is 4. The molecule has 1 aliphatic rings. The van der Waals surface area contributed by atoms with Crippen molar-refractivity contribution < 1.29 is 14.3 Å². The smallest absolute Gasteiger partial charge is 0.248 e. The summed E-state index contributed by atoms with van der Waals surface area (Å²) in [6.07, 6.45) is 3.62. The Balaban J connectivity index is 1.62. The number of nitrogens with zero attached hydrogens (tertiary/aromatic N) is 2. The van der Waals surface area contributed by atoms with Crippen LogP contribution in [0.2, 0.25) is 5.02 Å². The number of pyridine rings is 1. The van der Waals surface area contributed by atoms with Crippen LogP contribution in [0.25, 0.3) is 0 Å². The Hall–Kier alpha value is -3.38. The molecule has 1 saturated heterocycles. The van der Waals surface area contributed by atoms with Gasteiger partial charge in [0.1, 0.15) is 11.5 Å². The molecule has 0 bridgehead atoms. The van der Waals surface area contributed by atoms with Gasteiger partial charge in [-0.3, -0.25) is 14.6 Å². The second-order valence-electron chi connectivity index (χ2n) is 6.79. The molecule has 1 unspecified atom stereocenters. The molecule has 1 aromatic heterocycles. The molecule has 1 aliphatic heterocycles. The van der Waals surface area contributed by atoms with Crippen LogP contribution < -0.4 is 15.4 Å². The first-order valence-electron chi connectivity index (χ1n) is 9.09. The molecule has 2 aromatic carbocycles. The van der Waals surface area contributed by atoms with E-state index >= 15 is 0 Å². The van der Waals surface area contributed by atoms with Crippen molar-refractivity contribution in [3.05, 3.63) is 83.1 Å². The zero-order chi connectivity index (χ0) is 20.4. The van der Waals surface area contributed by atoms with Crippen molar-refractivity contribution in [2.24, 2.45) is 5.73 Å². The van der Waals surface area contributed by atoms with E-state index in [1.807, 2.05) is 6.07 Å². The molecule has 1 atom stereocenters. The number of anilines is 1. The summed E-state index contributed by atoms with van der Waals surface area (Å²) in [5.74, 6) is 0.615. The third kappa shape index (κ3) is 4.07. The van der Waals surface area contributed by atoms with Gasteiger partial charge in [0.05, 0.1) is 0 Å². The Kier molecular flexibility index (Phi) is 5.18. The van der Waals surface area contributed by atoms with E-state index in [4.69, 9.17) is 22.1 Å². The lowest BCUT2D eigenvalue weighted by atomic mass is 9.97. The van der Waals surface area contributed by atoms with Crippen LogP contribution in [-0.2, 0) is 4.79 Å². The first-order valence-corrected chi connectivity index (χ1v) is 9.46. The van der Waals surface area contributed by atoms with E-state index in [0.29, 0.717) is 40.7 Å². The predicted octanol–water partition coefficient (Wildman–Crippen LogP) is 4.15. The van der Waals surface area contributed by atoms with Crippen LogP contribution in [0.4, 0.5) is 5.69 Å². The summed E-state index contributed by atoms with van der Waals surface area (Å²) in [6, 6.07) is 15.7. The largest absolute Gasteiger partial charge is 0.457 e. The Bertz CT molecular complexity index is 1070. The zero-order valence-corrected chi connectivity index (χ0v) is 16.2. The molecule has 1 fully saturated rings. The van der Waals surface area contributed by atoms with Crippen LogP contribution in [0.1, 0.15) is 28.3 Å². The lowest BCUT2D eigenvalue weighted by Crippen LogP contribution is -2.24. The minimum atomic E-state index is -0.527. The van der Waals surface area contributed by atoms with Crippen molar-refractivity contribution in [2.45, 2.75) is 12.3 Å². The molecule has 4 rings (SSSR count). The molecular weight excluding hydrogens is 390 g/mol. The molecule has 3 aromatic rings. The van der Waals surface area contributed by atoms with E-state index in [1.54, 1.807) is 65.8 Å². The highest BCUT2D eigenvalue weighted by molar-refractivity contribution is 6.30. The fourth-order valence-electron chi connectivity index (χ4n) is 3.46. The van der Waals surface area contributed by atoms with Crippen LogP contribution in [0, 0.1) is 0 Å². The lowest BCUT2D eigenvalue weighted by molar-refractivity contribution is -0.117. The Morgan fingerprint density at radius 2 is 1.93 bits per heavy atom. The summed E-state index contributed by atoms with van der Waals surface area (Å²) in [4.78, 5) is 29.8. The van der Waals surface area contributed by atoms with Crippen LogP contribution in [0.3, 0.4) is 0 Å².